The molecule has 0 bridgehead atoms. The van der Waals surface area contributed by atoms with Crippen LogP contribution in [-0.4, -0.2) is 17.0 Å². The van der Waals surface area contributed by atoms with E-state index < -0.39 is 0 Å². The van der Waals surface area contributed by atoms with Gasteiger partial charge in [-0.2, -0.15) is 0 Å². The Morgan fingerprint density at radius 1 is 1.50 bits per heavy atom. The Labute approximate surface area is 103 Å². The van der Waals surface area contributed by atoms with E-state index in [2.05, 4.69) is 10.3 Å². The molecule has 0 saturated carbocycles. The first-order valence-electron chi connectivity index (χ1n) is 5.44. The molecule has 1 unspecified atom stereocenters. The predicted molar refractivity (Wildman–Crippen MR) is 68.0 cm³/mol. The van der Waals surface area contributed by atoms with Gasteiger partial charge in [0.15, 0.2) is 0 Å². The van der Waals surface area contributed by atoms with Gasteiger partial charge in [0.1, 0.15) is 5.01 Å². The standard InChI is InChI=1S/C11H13N3S2/c1-12-7-3-2-4-8-10(7)14-11(16-8)9-5-13-6-15-9/h5-7,12H,2-4H2,1H3. The Balaban J connectivity index is 2.02. The molecule has 1 atom stereocenters. The lowest BCUT2D eigenvalue weighted by atomic mass is 9.98. The van der Waals surface area contributed by atoms with Crippen LogP contribution in [0, 0.1) is 0 Å². The molecule has 3 nitrogen and oxygen atoms in total. The number of aryl methyl sites for hydroxylation is 1. The molecule has 0 aliphatic heterocycles. The number of thiazole rings is 2. The largest absolute Gasteiger partial charge is 0.312 e. The molecule has 0 aromatic carbocycles. The number of aromatic nitrogens is 2. The summed E-state index contributed by atoms with van der Waals surface area (Å²) in [5.74, 6) is 0. The summed E-state index contributed by atoms with van der Waals surface area (Å²) in [5, 5.41) is 4.48. The fraction of sp³-hybridized carbons (Fsp3) is 0.455. The molecule has 2 aromatic heterocycles. The first-order chi connectivity index (χ1) is 7.88. The van der Waals surface area contributed by atoms with Crippen LogP contribution in [0.3, 0.4) is 0 Å². The van der Waals surface area contributed by atoms with Gasteiger partial charge in [0.2, 0.25) is 0 Å². The zero-order chi connectivity index (χ0) is 11.0. The van der Waals surface area contributed by atoms with Crippen molar-refractivity contribution < 1.29 is 0 Å². The van der Waals surface area contributed by atoms with Crippen LogP contribution < -0.4 is 5.32 Å². The molecule has 1 aliphatic carbocycles. The molecule has 0 amide bonds. The van der Waals surface area contributed by atoms with Gasteiger partial charge in [-0.05, 0) is 26.3 Å². The van der Waals surface area contributed by atoms with E-state index >= 15 is 0 Å². The molecule has 0 spiro atoms. The molecule has 2 aromatic rings. The minimum Gasteiger partial charge on any atom is -0.312 e. The van der Waals surface area contributed by atoms with Crippen molar-refractivity contribution >= 4 is 22.7 Å². The highest BCUT2D eigenvalue weighted by Crippen LogP contribution is 2.37. The second-order valence-corrected chi connectivity index (χ2v) is 5.90. The van der Waals surface area contributed by atoms with E-state index in [9.17, 15) is 0 Å². The molecule has 1 N–H and O–H groups in total. The second-order valence-electron chi connectivity index (χ2n) is 3.93. The molecule has 0 saturated heterocycles. The summed E-state index contributed by atoms with van der Waals surface area (Å²) in [6, 6.07) is 0.446. The molecular weight excluding hydrogens is 238 g/mol. The first-order valence-corrected chi connectivity index (χ1v) is 7.14. The summed E-state index contributed by atoms with van der Waals surface area (Å²) in [7, 11) is 2.02. The van der Waals surface area contributed by atoms with Crippen molar-refractivity contribution in [3.63, 3.8) is 0 Å². The number of nitrogens with zero attached hydrogens (tertiary/aromatic N) is 2. The van der Waals surface area contributed by atoms with Gasteiger partial charge in [-0.1, -0.05) is 0 Å². The maximum absolute atomic E-state index is 4.77. The molecule has 3 rings (SSSR count). The maximum Gasteiger partial charge on any atom is 0.135 e. The molecule has 0 radical (unpaired) electrons. The van der Waals surface area contributed by atoms with E-state index in [4.69, 9.17) is 4.98 Å². The van der Waals surface area contributed by atoms with Gasteiger partial charge in [-0.15, -0.1) is 22.7 Å². The maximum atomic E-state index is 4.77. The van der Waals surface area contributed by atoms with Gasteiger partial charge in [0, 0.05) is 11.1 Å². The Hall–Kier alpha value is -0.780. The first kappa shape index (κ1) is 10.4. The predicted octanol–water partition coefficient (Wildman–Crippen LogP) is 2.86. The molecule has 5 heteroatoms. The van der Waals surface area contributed by atoms with E-state index in [0.717, 1.165) is 5.01 Å². The van der Waals surface area contributed by atoms with Crippen LogP contribution in [0.4, 0.5) is 0 Å². The third-order valence-electron chi connectivity index (χ3n) is 2.95. The molecular formula is C11H13N3S2. The quantitative estimate of drug-likeness (QED) is 0.892. The Kier molecular flexibility index (Phi) is 2.75. The number of hydrogen-bond acceptors (Lipinski definition) is 5. The summed E-state index contributed by atoms with van der Waals surface area (Å²) in [4.78, 5) is 11.5. The number of nitrogens with one attached hydrogen (secondary N) is 1. The fourth-order valence-electron chi connectivity index (χ4n) is 2.13. The SMILES string of the molecule is CNC1CCCc2sc(-c3cncs3)nc21. The third kappa shape index (κ3) is 1.69. The Bertz CT molecular complexity index is 475. The van der Waals surface area contributed by atoms with Gasteiger partial charge in [0.05, 0.1) is 22.1 Å². The van der Waals surface area contributed by atoms with E-state index in [1.54, 1.807) is 11.3 Å². The van der Waals surface area contributed by atoms with Crippen LogP contribution in [0.1, 0.15) is 29.5 Å². The average molecular weight is 251 g/mol. The van der Waals surface area contributed by atoms with Gasteiger partial charge in [-0.25, -0.2) is 4.98 Å². The Morgan fingerprint density at radius 3 is 3.19 bits per heavy atom. The zero-order valence-corrected chi connectivity index (χ0v) is 10.7. The molecule has 16 heavy (non-hydrogen) atoms. The zero-order valence-electron chi connectivity index (χ0n) is 9.06. The smallest absolute Gasteiger partial charge is 0.135 e. The van der Waals surface area contributed by atoms with Crippen LogP contribution in [0.5, 0.6) is 0 Å². The summed E-state index contributed by atoms with van der Waals surface area (Å²) in [6.45, 7) is 0. The van der Waals surface area contributed by atoms with Gasteiger partial charge in [-0.3, -0.25) is 4.98 Å². The summed E-state index contributed by atoms with van der Waals surface area (Å²) in [5.41, 5.74) is 3.13. The van der Waals surface area contributed by atoms with Crippen molar-refractivity contribution in [3.05, 3.63) is 22.3 Å². The van der Waals surface area contributed by atoms with Crippen molar-refractivity contribution in [2.75, 3.05) is 7.05 Å². The average Bonchev–Trinajstić information content (AvgIpc) is 2.96. The Morgan fingerprint density at radius 2 is 2.44 bits per heavy atom. The lowest BCUT2D eigenvalue weighted by Gasteiger charge is -2.19. The minimum atomic E-state index is 0.446. The van der Waals surface area contributed by atoms with Gasteiger partial charge < -0.3 is 5.32 Å². The van der Waals surface area contributed by atoms with Crippen LogP contribution >= 0.6 is 22.7 Å². The molecule has 2 heterocycles. The third-order valence-corrected chi connectivity index (χ3v) is 5.02. The summed E-state index contributed by atoms with van der Waals surface area (Å²) < 4.78 is 0. The second kappa shape index (κ2) is 4.24. The summed E-state index contributed by atoms with van der Waals surface area (Å²) in [6.07, 6.45) is 5.56. The highest BCUT2D eigenvalue weighted by molar-refractivity contribution is 7.20. The highest BCUT2D eigenvalue weighted by Gasteiger charge is 2.23. The lowest BCUT2D eigenvalue weighted by molar-refractivity contribution is 0.490. The van der Waals surface area contributed by atoms with Crippen molar-refractivity contribution in [1.82, 2.24) is 15.3 Å². The number of hydrogen-bond donors (Lipinski definition) is 1. The van der Waals surface area contributed by atoms with Crippen molar-refractivity contribution in [2.24, 2.45) is 0 Å². The van der Waals surface area contributed by atoms with Crippen LogP contribution in [0.2, 0.25) is 0 Å². The highest BCUT2D eigenvalue weighted by atomic mass is 32.1. The molecule has 1 aliphatic rings. The van der Waals surface area contributed by atoms with E-state index in [-0.39, 0.29) is 0 Å². The topological polar surface area (TPSA) is 37.8 Å². The monoisotopic (exact) mass is 251 g/mol. The summed E-state index contributed by atoms with van der Waals surface area (Å²) >= 11 is 3.50. The van der Waals surface area contributed by atoms with Crippen molar-refractivity contribution in [3.8, 4) is 9.88 Å². The van der Waals surface area contributed by atoms with Gasteiger partial charge in [0.25, 0.3) is 0 Å². The van der Waals surface area contributed by atoms with Crippen LogP contribution in [0.25, 0.3) is 9.88 Å². The molecule has 0 fully saturated rings. The minimum absolute atomic E-state index is 0.446. The van der Waals surface area contributed by atoms with Crippen molar-refractivity contribution in [1.29, 1.82) is 0 Å². The van der Waals surface area contributed by atoms with E-state index in [0.29, 0.717) is 6.04 Å². The van der Waals surface area contributed by atoms with Crippen molar-refractivity contribution in [2.45, 2.75) is 25.3 Å². The molecule has 84 valence electrons. The number of fused-ring (bicyclic) bond motifs is 1. The lowest BCUT2D eigenvalue weighted by Crippen LogP contribution is -2.21. The van der Waals surface area contributed by atoms with E-state index in [1.807, 2.05) is 30.1 Å². The van der Waals surface area contributed by atoms with Crippen LogP contribution in [0.15, 0.2) is 11.7 Å². The van der Waals surface area contributed by atoms with E-state index in [1.165, 1.54) is 34.7 Å². The fourth-order valence-corrected chi connectivity index (χ4v) is 3.97. The normalized spacial score (nSPS) is 19.7. The van der Waals surface area contributed by atoms with Gasteiger partial charge >= 0.3 is 0 Å². The van der Waals surface area contributed by atoms with Crippen LogP contribution in [-0.2, 0) is 6.42 Å². The number of rotatable bonds is 2.